The number of non-ortho nitro benzene ring substituents is 1. The summed E-state index contributed by atoms with van der Waals surface area (Å²) >= 11 is 0. The van der Waals surface area contributed by atoms with Gasteiger partial charge >= 0.3 is 12.1 Å². The number of alkyl halides is 3. The number of hydrogen-bond acceptors (Lipinski definition) is 8. The zero-order chi connectivity index (χ0) is 33.1. The summed E-state index contributed by atoms with van der Waals surface area (Å²) in [6, 6.07) is 27.8. The molecule has 0 aliphatic rings. The molecule has 1 N–H and O–H groups in total. The zero-order valence-corrected chi connectivity index (χ0v) is 23.8. The smallest absolute Gasteiger partial charge is 0.433 e. The summed E-state index contributed by atoms with van der Waals surface area (Å²) in [5.41, 5.74) is -1.37. The molecule has 0 fully saturated rings. The largest absolute Gasteiger partial charge is 0.457 e. The van der Waals surface area contributed by atoms with Crippen molar-refractivity contribution in [3.8, 4) is 28.5 Å². The Morgan fingerprint density at radius 2 is 1.49 bits per heavy atom. The van der Waals surface area contributed by atoms with E-state index < -0.39 is 34.4 Å². The van der Waals surface area contributed by atoms with E-state index in [0.717, 1.165) is 12.1 Å². The maximum Gasteiger partial charge on any atom is 0.433 e. The Morgan fingerprint density at radius 1 is 0.809 bits per heavy atom. The molecule has 0 aliphatic heterocycles. The standard InChI is InChI=1S/C33H20F3N5O6/c34-33(35,36)29-18-27(20-7-3-1-4-8-20)38-30-19-28(39-40(29)30)32(43)47-25-13-11-21(12-14-25)31(42)37-22-15-23(41(44)45)17-26(16-22)46-24-9-5-2-6-10-24/h1-19H,(H,37,42). The van der Waals surface area contributed by atoms with Gasteiger partial charge in [-0.15, -0.1) is 0 Å². The highest BCUT2D eigenvalue weighted by molar-refractivity contribution is 6.04. The first-order valence-corrected chi connectivity index (χ1v) is 13.7. The van der Waals surface area contributed by atoms with Crippen molar-refractivity contribution >= 4 is 28.9 Å². The van der Waals surface area contributed by atoms with E-state index in [9.17, 15) is 32.9 Å². The summed E-state index contributed by atoms with van der Waals surface area (Å²) < 4.78 is 53.2. The number of fused-ring (bicyclic) bond motifs is 1. The maximum absolute atomic E-state index is 13.9. The Morgan fingerprint density at radius 3 is 2.15 bits per heavy atom. The second-order valence-corrected chi connectivity index (χ2v) is 9.95. The first-order chi connectivity index (χ1) is 22.5. The average Bonchev–Trinajstić information content (AvgIpc) is 3.49. The van der Waals surface area contributed by atoms with Crippen LogP contribution in [0.2, 0.25) is 0 Å². The van der Waals surface area contributed by atoms with Crippen molar-refractivity contribution in [3.05, 3.63) is 142 Å². The van der Waals surface area contributed by atoms with Gasteiger partial charge in [-0.05, 0) is 42.5 Å². The molecule has 0 saturated carbocycles. The molecule has 6 rings (SSSR count). The summed E-state index contributed by atoms with van der Waals surface area (Å²) in [7, 11) is 0. The molecule has 47 heavy (non-hydrogen) atoms. The quantitative estimate of drug-likeness (QED) is 0.0778. The summed E-state index contributed by atoms with van der Waals surface area (Å²) in [6.07, 6.45) is -4.80. The molecule has 0 unspecified atom stereocenters. The van der Waals surface area contributed by atoms with Gasteiger partial charge in [0.25, 0.3) is 11.6 Å². The number of ether oxygens (including phenoxy) is 2. The maximum atomic E-state index is 13.9. The molecular formula is C33H20F3N5O6. The topological polar surface area (TPSA) is 138 Å². The van der Waals surface area contributed by atoms with Crippen molar-refractivity contribution in [1.29, 1.82) is 0 Å². The molecule has 0 atom stereocenters. The third-order valence-corrected chi connectivity index (χ3v) is 6.66. The van der Waals surface area contributed by atoms with Gasteiger partial charge in [-0.2, -0.15) is 18.3 Å². The fraction of sp³-hybridized carbons (Fsp3) is 0.0303. The zero-order valence-electron chi connectivity index (χ0n) is 23.8. The number of aromatic nitrogens is 3. The lowest BCUT2D eigenvalue weighted by Crippen LogP contribution is -2.15. The van der Waals surface area contributed by atoms with E-state index in [4.69, 9.17) is 9.47 Å². The number of para-hydroxylation sites is 1. The van der Waals surface area contributed by atoms with Gasteiger partial charge in [-0.25, -0.2) is 14.3 Å². The van der Waals surface area contributed by atoms with E-state index >= 15 is 0 Å². The first kappa shape index (κ1) is 30.5. The molecule has 14 heteroatoms. The van der Waals surface area contributed by atoms with Crippen LogP contribution in [-0.2, 0) is 6.18 Å². The van der Waals surface area contributed by atoms with Crippen molar-refractivity contribution in [2.75, 3.05) is 5.32 Å². The van der Waals surface area contributed by atoms with Crippen LogP contribution in [0.15, 0.2) is 115 Å². The lowest BCUT2D eigenvalue weighted by molar-refractivity contribution is -0.384. The molecule has 6 aromatic rings. The van der Waals surface area contributed by atoms with Gasteiger partial charge in [0.1, 0.15) is 17.2 Å². The minimum atomic E-state index is -4.80. The molecule has 11 nitrogen and oxygen atoms in total. The summed E-state index contributed by atoms with van der Waals surface area (Å²) in [5.74, 6) is -1.14. The summed E-state index contributed by atoms with van der Waals surface area (Å²) in [6.45, 7) is 0. The van der Waals surface area contributed by atoms with E-state index in [-0.39, 0.29) is 39.8 Å². The number of amides is 1. The Kier molecular flexibility index (Phi) is 8.06. The summed E-state index contributed by atoms with van der Waals surface area (Å²) in [4.78, 5) is 40.9. The number of carbonyl (C=O) groups is 2. The number of benzene rings is 4. The van der Waals surface area contributed by atoms with E-state index in [1.54, 1.807) is 60.7 Å². The second kappa shape index (κ2) is 12.4. The van der Waals surface area contributed by atoms with Crippen LogP contribution in [0.1, 0.15) is 26.5 Å². The molecule has 2 heterocycles. The van der Waals surface area contributed by atoms with Crippen molar-refractivity contribution < 1.29 is 37.2 Å². The summed E-state index contributed by atoms with van der Waals surface area (Å²) in [5, 5.41) is 17.8. The van der Waals surface area contributed by atoms with Gasteiger partial charge in [0.2, 0.25) is 0 Å². The van der Waals surface area contributed by atoms with Gasteiger partial charge in [-0.3, -0.25) is 14.9 Å². The number of halogens is 3. The molecule has 4 aromatic carbocycles. The van der Waals surface area contributed by atoms with Crippen LogP contribution in [-0.4, -0.2) is 31.4 Å². The van der Waals surface area contributed by atoms with Gasteiger partial charge in [-0.1, -0.05) is 48.5 Å². The lowest BCUT2D eigenvalue weighted by Gasteiger charge is -2.11. The minimum absolute atomic E-state index is 0.0218. The second-order valence-electron chi connectivity index (χ2n) is 9.95. The van der Waals surface area contributed by atoms with E-state index in [1.807, 2.05) is 0 Å². The third-order valence-electron chi connectivity index (χ3n) is 6.66. The molecule has 0 bridgehead atoms. The normalized spacial score (nSPS) is 11.2. The molecule has 0 aliphatic carbocycles. The molecular weight excluding hydrogens is 619 g/mol. The predicted molar refractivity (Wildman–Crippen MR) is 162 cm³/mol. The fourth-order valence-corrected chi connectivity index (χ4v) is 4.51. The number of esters is 1. The number of carbonyl (C=O) groups excluding carboxylic acids is 2. The molecule has 2 aromatic heterocycles. The van der Waals surface area contributed by atoms with Crippen molar-refractivity contribution in [2.45, 2.75) is 6.18 Å². The Bertz CT molecular complexity index is 2120. The number of hydrogen-bond donors (Lipinski definition) is 1. The van der Waals surface area contributed by atoms with Crippen LogP contribution in [0.3, 0.4) is 0 Å². The van der Waals surface area contributed by atoms with E-state index in [1.165, 1.54) is 42.5 Å². The molecule has 1 amide bonds. The van der Waals surface area contributed by atoms with Crippen LogP contribution in [0, 0.1) is 10.1 Å². The SMILES string of the molecule is O=C(Nc1cc(Oc2ccccc2)cc([N+](=O)[O-])c1)c1ccc(OC(=O)c2cc3nc(-c4ccccc4)cc(C(F)(F)F)n3n2)cc1. The number of nitrogens with zero attached hydrogens (tertiary/aromatic N) is 4. The highest BCUT2D eigenvalue weighted by atomic mass is 19.4. The number of nitro benzene ring substituents is 1. The molecule has 234 valence electrons. The highest BCUT2D eigenvalue weighted by Gasteiger charge is 2.36. The van der Waals surface area contributed by atoms with Crippen LogP contribution >= 0.6 is 0 Å². The minimum Gasteiger partial charge on any atom is -0.457 e. The number of rotatable bonds is 8. The highest BCUT2D eigenvalue weighted by Crippen LogP contribution is 2.33. The third kappa shape index (κ3) is 6.91. The number of anilines is 1. The van der Waals surface area contributed by atoms with E-state index in [2.05, 4.69) is 15.4 Å². The fourth-order valence-electron chi connectivity index (χ4n) is 4.51. The lowest BCUT2D eigenvalue weighted by atomic mass is 10.1. The monoisotopic (exact) mass is 639 g/mol. The van der Waals surface area contributed by atoms with Crippen LogP contribution in [0.4, 0.5) is 24.5 Å². The van der Waals surface area contributed by atoms with Crippen molar-refractivity contribution in [1.82, 2.24) is 14.6 Å². The molecule has 0 saturated heterocycles. The van der Waals surface area contributed by atoms with Gasteiger partial charge in [0, 0.05) is 29.3 Å². The van der Waals surface area contributed by atoms with Crippen LogP contribution in [0.5, 0.6) is 17.2 Å². The average molecular weight is 640 g/mol. The van der Waals surface area contributed by atoms with Gasteiger partial charge < -0.3 is 14.8 Å². The van der Waals surface area contributed by atoms with Gasteiger partial charge in [0.05, 0.1) is 22.4 Å². The number of nitro groups is 1. The Balaban J connectivity index is 1.18. The van der Waals surface area contributed by atoms with Gasteiger partial charge in [0.15, 0.2) is 17.0 Å². The van der Waals surface area contributed by atoms with E-state index in [0.29, 0.717) is 15.8 Å². The molecule has 0 spiro atoms. The van der Waals surface area contributed by atoms with Crippen molar-refractivity contribution in [2.24, 2.45) is 0 Å². The first-order valence-electron chi connectivity index (χ1n) is 13.7. The van der Waals surface area contributed by atoms with Crippen LogP contribution < -0.4 is 14.8 Å². The Hall–Kier alpha value is -6.57. The Labute approximate surface area is 263 Å². The molecule has 0 radical (unpaired) electrons. The van der Waals surface area contributed by atoms with Crippen molar-refractivity contribution in [3.63, 3.8) is 0 Å². The number of nitrogens with one attached hydrogen (secondary N) is 1. The van der Waals surface area contributed by atoms with Crippen LogP contribution in [0.25, 0.3) is 16.9 Å². The predicted octanol–water partition coefficient (Wildman–Crippen LogP) is 7.59.